The molecule has 66 valence electrons. The third kappa shape index (κ3) is 3.37. The summed E-state index contributed by atoms with van der Waals surface area (Å²) in [5, 5.41) is 8.66. The molecule has 1 atom stereocenters. The van der Waals surface area contributed by atoms with Gasteiger partial charge in [0.15, 0.2) is 5.60 Å². The van der Waals surface area contributed by atoms with Gasteiger partial charge in [-0.3, -0.25) is 0 Å². The summed E-state index contributed by atoms with van der Waals surface area (Å²) in [6.07, 6.45) is 0.831. The van der Waals surface area contributed by atoms with E-state index in [-0.39, 0.29) is 6.10 Å². The first-order chi connectivity index (χ1) is 4.90. The normalized spacial score (nSPS) is 14.5. The first kappa shape index (κ1) is 10.4. The van der Waals surface area contributed by atoms with Gasteiger partial charge in [-0.25, -0.2) is 4.79 Å². The van der Waals surface area contributed by atoms with Crippen LogP contribution in [-0.2, 0) is 9.53 Å². The van der Waals surface area contributed by atoms with Crippen LogP contribution in [0.5, 0.6) is 0 Å². The number of hydrogen-bond acceptors (Lipinski definition) is 2. The van der Waals surface area contributed by atoms with Crippen LogP contribution in [0.25, 0.3) is 0 Å². The molecule has 0 aromatic rings. The fourth-order valence-electron chi connectivity index (χ4n) is 0.637. The maximum atomic E-state index is 10.5. The Morgan fingerprint density at radius 1 is 1.64 bits per heavy atom. The molecule has 0 bridgehead atoms. The summed E-state index contributed by atoms with van der Waals surface area (Å²) >= 11 is 0. The number of carbonyl (C=O) groups is 1. The average molecular weight is 160 g/mol. The van der Waals surface area contributed by atoms with Gasteiger partial charge in [0.2, 0.25) is 0 Å². The third-order valence-electron chi connectivity index (χ3n) is 1.59. The molecule has 0 amide bonds. The fraction of sp³-hybridized carbons (Fsp3) is 0.875. The molecule has 0 aliphatic heterocycles. The maximum Gasteiger partial charge on any atom is 0.335 e. The second kappa shape index (κ2) is 3.72. The van der Waals surface area contributed by atoms with Crippen LogP contribution in [0, 0.1) is 0 Å². The van der Waals surface area contributed by atoms with Crippen molar-refractivity contribution in [3.8, 4) is 0 Å². The molecule has 0 aromatic heterocycles. The van der Waals surface area contributed by atoms with Crippen molar-refractivity contribution in [3.63, 3.8) is 0 Å². The van der Waals surface area contributed by atoms with E-state index in [1.807, 2.05) is 13.8 Å². The summed E-state index contributed by atoms with van der Waals surface area (Å²) in [6.45, 7) is 6.94. The second-order valence-electron chi connectivity index (χ2n) is 3.15. The number of rotatable bonds is 4. The monoisotopic (exact) mass is 160 g/mol. The Bertz CT molecular complexity index is 140. The summed E-state index contributed by atoms with van der Waals surface area (Å²) in [5.74, 6) is -0.919. The van der Waals surface area contributed by atoms with Gasteiger partial charge in [-0.05, 0) is 27.2 Å². The van der Waals surface area contributed by atoms with Crippen LogP contribution in [0.3, 0.4) is 0 Å². The predicted octanol–water partition coefficient (Wildman–Crippen LogP) is 1.66. The largest absolute Gasteiger partial charge is 0.479 e. The van der Waals surface area contributed by atoms with Crippen LogP contribution in [-0.4, -0.2) is 22.8 Å². The number of carboxylic acid groups (broad SMARTS) is 1. The van der Waals surface area contributed by atoms with Gasteiger partial charge in [0, 0.05) is 0 Å². The highest BCUT2D eigenvalue weighted by Gasteiger charge is 2.29. The molecule has 3 heteroatoms. The number of ether oxygens (including phenoxy) is 1. The highest BCUT2D eigenvalue weighted by atomic mass is 16.5. The van der Waals surface area contributed by atoms with E-state index in [0.29, 0.717) is 0 Å². The zero-order valence-corrected chi connectivity index (χ0v) is 7.55. The quantitative estimate of drug-likeness (QED) is 0.680. The first-order valence-corrected chi connectivity index (χ1v) is 3.81. The summed E-state index contributed by atoms with van der Waals surface area (Å²) in [7, 11) is 0. The molecule has 0 aliphatic rings. The van der Waals surface area contributed by atoms with Crippen LogP contribution in [0.2, 0.25) is 0 Å². The zero-order chi connectivity index (χ0) is 9.07. The van der Waals surface area contributed by atoms with Crippen molar-refractivity contribution in [2.24, 2.45) is 0 Å². The van der Waals surface area contributed by atoms with Crippen LogP contribution in [0.15, 0.2) is 0 Å². The van der Waals surface area contributed by atoms with Crippen LogP contribution >= 0.6 is 0 Å². The summed E-state index contributed by atoms with van der Waals surface area (Å²) in [5.41, 5.74) is -1.06. The molecule has 0 saturated carbocycles. The standard InChI is InChI=1S/C8H16O3/c1-5-6(2)11-8(3,4)7(9)10/h6H,5H2,1-4H3,(H,9,10). The van der Waals surface area contributed by atoms with Gasteiger partial charge in [-0.2, -0.15) is 0 Å². The lowest BCUT2D eigenvalue weighted by atomic mass is 10.1. The van der Waals surface area contributed by atoms with Gasteiger partial charge in [-0.15, -0.1) is 0 Å². The smallest absolute Gasteiger partial charge is 0.335 e. The van der Waals surface area contributed by atoms with Gasteiger partial charge in [0.1, 0.15) is 0 Å². The van der Waals surface area contributed by atoms with E-state index in [9.17, 15) is 4.79 Å². The molecule has 1 unspecified atom stereocenters. The van der Waals surface area contributed by atoms with Crippen molar-refractivity contribution >= 4 is 5.97 Å². The molecule has 0 saturated heterocycles. The topological polar surface area (TPSA) is 46.5 Å². The Hall–Kier alpha value is -0.570. The van der Waals surface area contributed by atoms with E-state index >= 15 is 0 Å². The van der Waals surface area contributed by atoms with E-state index in [4.69, 9.17) is 9.84 Å². The minimum absolute atomic E-state index is 0.00102. The number of aliphatic carboxylic acids is 1. The van der Waals surface area contributed by atoms with Gasteiger partial charge in [0.25, 0.3) is 0 Å². The molecule has 3 nitrogen and oxygen atoms in total. The van der Waals surface area contributed by atoms with Crippen LogP contribution < -0.4 is 0 Å². The van der Waals surface area contributed by atoms with Crippen LogP contribution in [0.4, 0.5) is 0 Å². The fourth-order valence-corrected chi connectivity index (χ4v) is 0.637. The van der Waals surface area contributed by atoms with E-state index < -0.39 is 11.6 Å². The minimum atomic E-state index is -1.06. The van der Waals surface area contributed by atoms with Gasteiger partial charge in [-0.1, -0.05) is 6.92 Å². The Morgan fingerprint density at radius 2 is 2.09 bits per heavy atom. The molecule has 11 heavy (non-hydrogen) atoms. The molecule has 0 heterocycles. The number of hydrogen-bond donors (Lipinski definition) is 1. The SMILES string of the molecule is CCC(C)OC(C)(C)C(=O)O. The molecular formula is C8H16O3. The molecule has 0 spiro atoms. The Morgan fingerprint density at radius 3 is 2.36 bits per heavy atom. The van der Waals surface area contributed by atoms with E-state index in [0.717, 1.165) is 6.42 Å². The molecule has 0 rings (SSSR count). The minimum Gasteiger partial charge on any atom is -0.479 e. The van der Waals surface area contributed by atoms with E-state index in [2.05, 4.69) is 0 Å². The van der Waals surface area contributed by atoms with Gasteiger partial charge in [0.05, 0.1) is 6.10 Å². The second-order valence-corrected chi connectivity index (χ2v) is 3.15. The van der Waals surface area contributed by atoms with Crippen molar-refractivity contribution in [1.82, 2.24) is 0 Å². The molecule has 0 fully saturated rings. The lowest BCUT2D eigenvalue weighted by molar-refractivity contribution is -0.167. The number of carboxylic acids is 1. The Labute approximate surface area is 67.4 Å². The van der Waals surface area contributed by atoms with Crippen molar-refractivity contribution in [2.75, 3.05) is 0 Å². The van der Waals surface area contributed by atoms with Crippen molar-refractivity contribution in [3.05, 3.63) is 0 Å². The molecule has 1 N–H and O–H groups in total. The third-order valence-corrected chi connectivity index (χ3v) is 1.59. The van der Waals surface area contributed by atoms with Crippen molar-refractivity contribution in [1.29, 1.82) is 0 Å². The van der Waals surface area contributed by atoms with Gasteiger partial charge >= 0.3 is 5.97 Å². The Balaban J connectivity index is 4.01. The lowest BCUT2D eigenvalue weighted by Crippen LogP contribution is -2.37. The molecular weight excluding hydrogens is 144 g/mol. The molecule has 0 radical (unpaired) electrons. The highest BCUT2D eigenvalue weighted by molar-refractivity contribution is 5.76. The lowest BCUT2D eigenvalue weighted by Gasteiger charge is -2.24. The predicted molar refractivity (Wildman–Crippen MR) is 42.6 cm³/mol. The molecule has 0 aliphatic carbocycles. The van der Waals surface area contributed by atoms with Crippen LogP contribution in [0.1, 0.15) is 34.1 Å². The highest BCUT2D eigenvalue weighted by Crippen LogP contribution is 2.13. The van der Waals surface area contributed by atoms with Crippen molar-refractivity contribution in [2.45, 2.75) is 45.8 Å². The summed E-state index contributed by atoms with van der Waals surface area (Å²) in [6, 6.07) is 0. The average Bonchev–Trinajstić information content (AvgIpc) is 1.86. The van der Waals surface area contributed by atoms with E-state index in [1.54, 1.807) is 13.8 Å². The van der Waals surface area contributed by atoms with Gasteiger partial charge < -0.3 is 9.84 Å². The summed E-state index contributed by atoms with van der Waals surface area (Å²) < 4.78 is 5.25. The molecule has 0 aromatic carbocycles. The van der Waals surface area contributed by atoms with E-state index in [1.165, 1.54) is 0 Å². The Kier molecular flexibility index (Phi) is 3.52. The summed E-state index contributed by atoms with van der Waals surface area (Å²) in [4.78, 5) is 10.5. The zero-order valence-electron chi connectivity index (χ0n) is 7.55. The van der Waals surface area contributed by atoms with Crippen molar-refractivity contribution < 1.29 is 14.6 Å². The first-order valence-electron chi connectivity index (χ1n) is 3.81. The maximum absolute atomic E-state index is 10.5.